The van der Waals surface area contributed by atoms with E-state index in [9.17, 15) is 9.18 Å². The maximum absolute atomic E-state index is 13.3. The number of aromatic nitrogens is 2. The van der Waals surface area contributed by atoms with E-state index in [1.807, 2.05) is 27.7 Å². The van der Waals surface area contributed by atoms with Gasteiger partial charge in [0.15, 0.2) is 0 Å². The molecule has 1 saturated heterocycles. The minimum atomic E-state index is -0.511. The van der Waals surface area contributed by atoms with Gasteiger partial charge < -0.3 is 14.5 Å². The standard InChI is InChI=1S/C23H27FN4O2/c1-15-13-27(9-10-28(15)22(29)30-23(2,3)4)21-19-11-17(12-20(19)25-14-26-21)16-5-7-18(24)8-6-16/h5-8,11,14-15H,9-10,12-13H2,1-4H3/t15-/m1/s1. The van der Waals surface area contributed by atoms with Gasteiger partial charge in [0.2, 0.25) is 0 Å². The molecule has 1 atom stereocenters. The molecular weight excluding hydrogens is 383 g/mol. The molecule has 7 heteroatoms. The summed E-state index contributed by atoms with van der Waals surface area (Å²) in [6.45, 7) is 9.57. The lowest BCUT2D eigenvalue weighted by Gasteiger charge is -2.41. The summed E-state index contributed by atoms with van der Waals surface area (Å²) < 4.78 is 18.8. The van der Waals surface area contributed by atoms with E-state index in [-0.39, 0.29) is 18.0 Å². The fourth-order valence-electron chi connectivity index (χ4n) is 3.96. The van der Waals surface area contributed by atoms with Crippen molar-refractivity contribution >= 4 is 23.6 Å². The van der Waals surface area contributed by atoms with Gasteiger partial charge in [-0.3, -0.25) is 0 Å². The molecule has 0 N–H and O–H groups in total. The number of allylic oxidation sites excluding steroid dienone is 1. The Hall–Kier alpha value is -2.96. The third-order valence-electron chi connectivity index (χ3n) is 5.39. The van der Waals surface area contributed by atoms with Crippen LogP contribution in [0.5, 0.6) is 0 Å². The number of ether oxygens (including phenoxy) is 1. The molecule has 0 unspecified atom stereocenters. The maximum atomic E-state index is 13.3. The van der Waals surface area contributed by atoms with Crippen LogP contribution in [-0.2, 0) is 11.2 Å². The summed E-state index contributed by atoms with van der Waals surface area (Å²) in [7, 11) is 0. The molecule has 1 aliphatic carbocycles. The second-order valence-corrected chi connectivity index (χ2v) is 8.88. The number of amides is 1. The van der Waals surface area contributed by atoms with Crippen molar-refractivity contribution in [3.05, 3.63) is 53.2 Å². The Morgan fingerprint density at radius 1 is 1.17 bits per heavy atom. The van der Waals surface area contributed by atoms with Crippen LogP contribution in [0.1, 0.15) is 44.5 Å². The fourth-order valence-corrected chi connectivity index (χ4v) is 3.96. The second kappa shape index (κ2) is 7.70. The Balaban J connectivity index is 1.53. The fraction of sp³-hybridized carbons (Fsp3) is 0.435. The van der Waals surface area contributed by atoms with Gasteiger partial charge in [0.05, 0.1) is 5.69 Å². The lowest BCUT2D eigenvalue weighted by atomic mass is 10.1. The predicted octanol–water partition coefficient (Wildman–Crippen LogP) is 4.16. The number of carbonyl (C=O) groups is 1. The van der Waals surface area contributed by atoms with Crippen LogP contribution in [-0.4, -0.2) is 52.2 Å². The van der Waals surface area contributed by atoms with Crippen molar-refractivity contribution in [2.75, 3.05) is 24.5 Å². The van der Waals surface area contributed by atoms with Gasteiger partial charge >= 0.3 is 6.09 Å². The van der Waals surface area contributed by atoms with Crippen molar-refractivity contribution in [2.24, 2.45) is 0 Å². The van der Waals surface area contributed by atoms with E-state index in [1.165, 1.54) is 12.1 Å². The number of piperazine rings is 1. The molecule has 4 rings (SSSR count). The number of nitrogens with zero attached hydrogens (tertiary/aromatic N) is 4. The third kappa shape index (κ3) is 4.15. The first-order chi connectivity index (χ1) is 14.2. The van der Waals surface area contributed by atoms with Crippen molar-refractivity contribution in [2.45, 2.75) is 45.8 Å². The molecule has 0 bridgehead atoms. The molecule has 30 heavy (non-hydrogen) atoms. The topological polar surface area (TPSA) is 58.6 Å². The van der Waals surface area contributed by atoms with Crippen LogP contribution >= 0.6 is 0 Å². The average Bonchev–Trinajstić information content (AvgIpc) is 3.11. The Labute approximate surface area is 176 Å². The molecule has 158 valence electrons. The van der Waals surface area contributed by atoms with Crippen LogP contribution in [0, 0.1) is 5.82 Å². The molecule has 1 fully saturated rings. The minimum absolute atomic E-state index is 0.00108. The molecule has 0 spiro atoms. The van der Waals surface area contributed by atoms with Gasteiger partial charge in [-0.25, -0.2) is 19.2 Å². The Kier molecular flexibility index (Phi) is 5.22. The van der Waals surface area contributed by atoms with E-state index < -0.39 is 5.60 Å². The SMILES string of the molecule is C[C@@H]1CN(c2ncnc3c2C=C(c2ccc(F)cc2)C3)CCN1C(=O)OC(C)(C)C. The molecule has 0 radical (unpaired) electrons. The quantitative estimate of drug-likeness (QED) is 0.744. The van der Waals surface area contributed by atoms with E-state index in [1.54, 1.807) is 23.4 Å². The number of fused-ring (bicyclic) bond motifs is 1. The molecule has 1 aromatic carbocycles. The zero-order chi connectivity index (χ0) is 21.5. The highest BCUT2D eigenvalue weighted by molar-refractivity contribution is 5.91. The summed E-state index contributed by atoms with van der Waals surface area (Å²) in [6.07, 6.45) is 4.12. The predicted molar refractivity (Wildman–Crippen MR) is 115 cm³/mol. The maximum Gasteiger partial charge on any atom is 0.410 e. The normalized spacial score (nSPS) is 18.8. The van der Waals surface area contributed by atoms with Gasteiger partial charge in [-0.2, -0.15) is 0 Å². The van der Waals surface area contributed by atoms with Crippen LogP contribution < -0.4 is 4.90 Å². The first kappa shape index (κ1) is 20.3. The Morgan fingerprint density at radius 3 is 2.57 bits per heavy atom. The van der Waals surface area contributed by atoms with Crippen LogP contribution in [0.4, 0.5) is 15.0 Å². The minimum Gasteiger partial charge on any atom is -0.444 e. The summed E-state index contributed by atoms with van der Waals surface area (Å²) >= 11 is 0. The van der Waals surface area contributed by atoms with Crippen LogP contribution in [0.3, 0.4) is 0 Å². The zero-order valence-electron chi connectivity index (χ0n) is 17.9. The van der Waals surface area contributed by atoms with Gasteiger partial charge in [0.25, 0.3) is 0 Å². The number of hydrogen-bond donors (Lipinski definition) is 0. The molecule has 1 aromatic heterocycles. The molecular formula is C23H27FN4O2. The highest BCUT2D eigenvalue weighted by Gasteiger charge is 2.33. The van der Waals surface area contributed by atoms with Crippen molar-refractivity contribution in [3.8, 4) is 0 Å². The van der Waals surface area contributed by atoms with Gasteiger partial charge in [0, 0.05) is 37.7 Å². The van der Waals surface area contributed by atoms with Crippen LogP contribution in [0.25, 0.3) is 11.6 Å². The highest BCUT2D eigenvalue weighted by Crippen LogP contribution is 2.35. The molecule has 2 heterocycles. The van der Waals surface area contributed by atoms with E-state index in [0.29, 0.717) is 26.1 Å². The number of hydrogen-bond acceptors (Lipinski definition) is 5. The van der Waals surface area contributed by atoms with E-state index in [2.05, 4.69) is 20.9 Å². The lowest BCUT2D eigenvalue weighted by Crippen LogP contribution is -2.55. The number of rotatable bonds is 2. The van der Waals surface area contributed by atoms with Gasteiger partial charge in [-0.05, 0) is 57.0 Å². The van der Waals surface area contributed by atoms with E-state index in [4.69, 9.17) is 4.74 Å². The first-order valence-corrected chi connectivity index (χ1v) is 10.3. The molecule has 2 aliphatic rings. The molecule has 1 amide bonds. The van der Waals surface area contributed by atoms with Crippen LogP contribution in [0.2, 0.25) is 0 Å². The van der Waals surface area contributed by atoms with Crippen molar-refractivity contribution in [1.29, 1.82) is 0 Å². The summed E-state index contributed by atoms with van der Waals surface area (Å²) in [5.41, 5.74) is 3.56. The van der Waals surface area contributed by atoms with Gasteiger partial charge in [-0.15, -0.1) is 0 Å². The molecule has 2 aromatic rings. The van der Waals surface area contributed by atoms with E-state index in [0.717, 1.165) is 28.2 Å². The van der Waals surface area contributed by atoms with E-state index >= 15 is 0 Å². The van der Waals surface area contributed by atoms with Gasteiger partial charge in [0.1, 0.15) is 23.6 Å². The summed E-state index contributed by atoms with van der Waals surface area (Å²) in [4.78, 5) is 25.5. The molecule has 0 saturated carbocycles. The number of halogens is 1. The van der Waals surface area contributed by atoms with Crippen molar-refractivity contribution < 1.29 is 13.9 Å². The van der Waals surface area contributed by atoms with Crippen LogP contribution in [0.15, 0.2) is 30.6 Å². The molecule has 1 aliphatic heterocycles. The Morgan fingerprint density at radius 2 is 1.90 bits per heavy atom. The monoisotopic (exact) mass is 410 g/mol. The summed E-state index contributed by atoms with van der Waals surface area (Å²) in [5.74, 6) is 0.639. The number of carbonyl (C=O) groups excluding carboxylic acids is 1. The summed E-state index contributed by atoms with van der Waals surface area (Å²) in [6, 6.07) is 6.54. The highest BCUT2D eigenvalue weighted by atomic mass is 19.1. The number of anilines is 1. The Bertz CT molecular complexity index is 982. The third-order valence-corrected chi connectivity index (χ3v) is 5.39. The van der Waals surface area contributed by atoms with Crippen molar-refractivity contribution in [3.63, 3.8) is 0 Å². The zero-order valence-corrected chi connectivity index (χ0v) is 17.9. The smallest absolute Gasteiger partial charge is 0.410 e. The average molecular weight is 410 g/mol. The van der Waals surface area contributed by atoms with Crippen molar-refractivity contribution in [1.82, 2.24) is 14.9 Å². The first-order valence-electron chi connectivity index (χ1n) is 10.3. The number of benzene rings is 1. The second-order valence-electron chi connectivity index (χ2n) is 8.88. The lowest BCUT2D eigenvalue weighted by molar-refractivity contribution is 0.0158. The van der Waals surface area contributed by atoms with Gasteiger partial charge in [-0.1, -0.05) is 12.1 Å². The summed E-state index contributed by atoms with van der Waals surface area (Å²) in [5, 5.41) is 0. The molecule has 6 nitrogen and oxygen atoms in total. The largest absolute Gasteiger partial charge is 0.444 e.